The van der Waals surface area contributed by atoms with Crippen molar-refractivity contribution in [3.63, 3.8) is 0 Å². The fourth-order valence-corrected chi connectivity index (χ4v) is 2.27. The van der Waals surface area contributed by atoms with Crippen molar-refractivity contribution in [1.82, 2.24) is 10.3 Å². The topological polar surface area (TPSA) is 72.8 Å². The van der Waals surface area contributed by atoms with Gasteiger partial charge in [0.2, 0.25) is 11.0 Å². The van der Waals surface area contributed by atoms with E-state index >= 15 is 0 Å². The molecule has 0 aliphatic carbocycles. The van der Waals surface area contributed by atoms with Crippen molar-refractivity contribution >= 4 is 33.9 Å². The maximum atomic E-state index is 13.2. The van der Waals surface area contributed by atoms with Gasteiger partial charge in [0.05, 0.1) is 5.52 Å². The number of thiocarbonyl (C=S) groups is 1. The van der Waals surface area contributed by atoms with Gasteiger partial charge >= 0.3 is 0 Å². The summed E-state index contributed by atoms with van der Waals surface area (Å²) in [7, 11) is 0. The second kappa shape index (κ2) is 6.71. The molecule has 0 bridgehead atoms. The SMILES string of the molecule is Oc1[nH]c2cc(F)ccc2c1N=NC(=S)NCc1ccc(F)cc1. The van der Waals surface area contributed by atoms with E-state index in [2.05, 4.69) is 20.5 Å². The Morgan fingerprint density at radius 1 is 1.12 bits per heavy atom. The Morgan fingerprint density at radius 3 is 2.58 bits per heavy atom. The van der Waals surface area contributed by atoms with Gasteiger partial charge in [-0.1, -0.05) is 12.1 Å². The number of aromatic amines is 1. The molecule has 0 atom stereocenters. The molecule has 0 saturated carbocycles. The Morgan fingerprint density at radius 2 is 1.83 bits per heavy atom. The van der Waals surface area contributed by atoms with Crippen LogP contribution in [0.2, 0.25) is 0 Å². The Labute approximate surface area is 141 Å². The van der Waals surface area contributed by atoms with Crippen LogP contribution in [0.5, 0.6) is 5.88 Å². The van der Waals surface area contributed by atoms with Crippen LogP contribution in [0.15, 0.2) is 52.7 Å². The highest BCUT2D eigenvalue weighted by Gasteiger charge is 2.11. The summed E-state index contributed by atoms with van der Waals surface area (Å²) >= 11 is 5.04. The number of hydrogen-bond acceptors (Lipinski definition) is 3. The number of nitrogens with one attached hydrogen (secondary N) is 2. The molecule has 3 N–H and O–H groups in total. The summed E-state index contributed by atoms with van der Waals surface area (Å²) < 4.78 is 26.0. The molecular weight excluding hydrogens is 334 g/mol. The van der Waals surface area contributed by atoms with Crippen LogP contribution in [0.3, 0.4) is 0 Å². The van der Waals surface area contributed by atoms with E-state index in [1.807, 2.05) is 0 Å². The lowest BCUT2D eigenvalue weighted by atomic mass is 10.2. The van der Waals surface area contributed by atoms with Gasteiger partial charge < -0.3 is 15.4 Å². The zero-order chi connectivity index (χ0) is 17.1. The number of fused-ring (bicyclic) bond motifs is 1. The van der Waals surface area contributed by atoms with E-state index in [1.165, 1.54) is 30.3 Å². The minimum Gasteiger partial charge on any atom is -0.493 e. The van der Waals surface area contributed by atoms with Crippen molar-refractivity contribution in [3.8, 4) is 5.88 Å². The smallest absolute Gasteiger partial charge is 0.218 e. The van der Waals surface area contributed by atoms with Crippen LogP contribution in [-0.2, 0) is 6.54 Å². The van der Waals surface area contributed by atoms with E-state index in [0.29, 0.717) is 17.4 Å². The first-order valence-corrected chi connectivity index (χ1v) is 7.38. The standard InChI is InChI=1S/C16H12F2N4OS/c17-10-3-1-9(2-4-10)8-19-16(24)22-21-14-12-6-5-11(18)7-13(12)20-15(14)23/h1-7,20,23H,8H2,(H,19,24). The van der Waals surface area contributed by atoms with E-state index in [9.17, 15) is 13.9 Å². The van der Waals surface area contributed by atoms with Gasteiger partial charge in [0.25, 0.3) is 0 Å². The van der Waals surface area contributed by atoms with E-state index in [0.717, 1.165) is 5.56 Å². The normalized spacial score (nSPS) is 11.2. The van der Waals surface area contributed by atoms with Crippen LogP contribution in [-0.4, -0.2) is 15.2 Å². The van der Waals surface area contributed by atoms with Crippen LogP contribution >= 0.6 is 12.2 Å². The molecule has 0 aliphatic rings. The third-order valence-corrected chi connectivity index (χ3v) is 3.54. The largest absolute Gasteiger partial charge is 0.493 e. The average Bonchev–Trinajstić information content (AvgIpc) is 2.86. The molecule has 24 heavy (non-hydrogen) atoms. The van der Waals surface area contributed by atoms with E-state index < -0.39 is 5.82 Å². The van der Waals surface area contributed by atoms with Crippen molar-refractivity contribution in [2.75, 3.05) is 0 Å². The molecular formula is C16H12F2N4OS. The van der Waals surface area contributed by atoms with Crippen molar-refractivity contribution in [1.29, 1.82) is 0 Å². The van der Waals surface area contributed by atoms with E-state index in [-0.39, 0.29) is 22.5 Å². The summed E-state index contributed by atoms with van der Waals surface area (Å²) in [5.74, 6) is -0.961. The van der Waals surface area contributed by atoms with Crippen LogP contribution < -0.4 is 5.32 Å². The zero-order valence-electron chi connectivity index (χ0n) is 12.3. The molecule has 0 unspecified atom stereocenters. The Hall–Kier alpha value is -2.87. The van der Waals surface area contributed by atoms with Crippen LogP contribution in [0.4, 0.5) is 14.5 Å². The maximum absolute atomic E-state index is 13.2. The van der Waals surface area contributed by atoms with E-state index in [1.54, 1.807) is 12.1 Å². The third kappa shape index (κ3) is 3.54. The minimum atomic E-state index is -0.427. The summed E-state index contributed by atoms with van der Waals surface area (Å²) in [5.41, 5.74) is 1.42. The third-order valence-electron chi connectivity index (χ3n) is 3.31. The Kier molecular flexibility index (Phi) is 4.48. The number of halogens is 2. The second-order valence-corrected chi connectivity index (χ2v) is 5.38. The van der Waals surface area contributed by atoms with Crippen molar-refractivity contribution in [2.45, 2.75) is 6.54 Å². The predicted molar refractivity (Wildman–Crippen MR) is 90.3 cm³/mol. The first kappa shape index (κ1) is 16.0. The molecule has 0 fully saturated rings. The molecule has 2 aromatic carbocycles. The molecule has 1 aromatic heterocycles. The highest BCUT2D eigenvalue weighted by atomic mass is 32.1. The zero-order valence-corrected chi connectivity index (χ0v) is 13.1. The highest BCUT2D eigenvalue weighted by molar-refractivity contribution is 7.80. The monoisotopic (exact) mass is 346 g/mol. The quantitative estimate of drug-likeness (QED) is 0.489. The fourth-order valence-electron chi connectivity index (χ4n) is 2.15. The first-order chi connectivity index (χ1) is 11.5. The number of azo groups is 1. The van der Waals surface area contributed by atoms with Gasteiger partial charge in [-0.25, -0.2) is 8.78 Å². The van der Waals surface area contributed by atoms with Crippen molar-refractivity contribution in [2.24, 2.45) is 10.2 Å². The molecule has 0 amide bonds. The average molecular weight is 346 g/mol. The van der Waals surface area contributed by atoms with Gasteiger partial charge in [0.15, 0.2) is 5.69 Å². The molecule has 5 nitrogen and oxygen atoms in total. The molecule has 1 heterocycles. The first-order valence-electron chi connectivity index (χ1n) is 6.97. The summed E-state index contributed by atoms with van der Waals surface area (Å²) in [4.78, 5) is 2.62. The van der Waals surface area contributed by atoms with E-state index in [4.69, 9.17) is 12.2 Å². The summed E-state index contributed by atoms with van der Waals surface area (Å²) in [6.07, 6.45) is 0. The molecule has 0 aliphatic heterocycles. The van der Waals surface area contributed by atoms with Crippen LogP contribution in [0, 0.1) is 11.6 Å². The van der Waals surface area contributed by atoms with Gasteiger partial charge in [-0.3, -0.25) is 0 Å². The van der Waals surface area contributed by atoms with Gasteiger partial charge in [0, 0.05) is 11.9 Å². The Bertz CT molecular complexity index is 922. The molecule has 8 heteroatoms. The van der Waals surface area contributed by atoms with Crippen LogP contribution in [0.25, 0.3) is 10.9 Å². The Balaban J connectivity index is 1.70. The van der Waals surface area contributed by atoms with Gasteiger partial charge in [-0.05, 0) is 48.1 Å². The number of H-pyrrole nitrogens is 1. The number of aromatic hydroxyl groups is 1. The minimum absolute atomic E-state index is 0.107. The molecule has 3 aromatic rings. The number of benzene rings is 2. The molecule has 0 radical (unpaired) electrons. The summed E-state index contributed by atoms with van der Waals surface area (Å²) in [6.45, 7) is 0.364. The molecule has 122 valence electrons. The maximum Gasteiger partial charge on any atom is 0.218 e. The number of rotatable bonds is 3. The van der Waals surface area contributed by atoms with Crippen LogP contribution in [0.1, 0.15) is 5.56 Å². The summed E-state index contributed by atoms with van der Waals surface area (Å²) in [5, 5.41) is 21.1. The fraction of sp³-hybridized carbons (Fsp3) is 0.0625. The summed E-state index contributed by atoms with van der Waals surface area (Å²) in [6, 6.07) is 9.96. The van der Waals surface area contributed by atoms with Gasteiger partial charge in [-0.15, -0.1) is 10.2 Å². The number of hydrogen-bond donors (Lipinski definition) is 3. The number of nitrogens with zero attached hydrogens (tertiary/aromatic N) is 2. The predicted octanol–water partition coefficient (Wildman–Crippen LogP) is 4.31. The van der Waals surface area contributed by atoms with Crippen molar-refractivity contribution < 1.29 is 13.9 Å². The van der Waals surface area contributed by atoms with Gasteiger partial charge in [0.1, 0.15) is 11.6 Å². The highest BCUT2D eigenvalue weighted by Crippen LogP contribution is 2.35. The lowest BCUT2D eigenvalue weighted by Crippen LogP contribution is -2.18. The molecule has 0 spiro atoms. The molecule has 3 rings (SSSR count). The van der Waals surface area contributed by atoms with Crippen molar-refractivity contribution in [3.05, 3.63) is 59.7 Å². The second-order valence-electron chi connectivity index (χ2n) is 5.00. The lowest BCUT2D eigenvalue weighted by molar-refractivity contribution is 0.459. The number of aromatic nitrogens is 1. The lowest BCUT2D eigenvalue weighted by Gasteiger charge is -2.03. The molecule has 0 saturated heterocycles. The van der Waals surface area contributed by atoms with Gasteiger partial charge in [-0.2, -0.15) is 0 Å².